The highest BCUT2D eigenvalue weighted by Gasteiger charge is 2.16. The lowest BCUT2D eigenvalue weighted by atomic mass is 10.1. The molecule has 0 spiro atoms. The van der Waals surface area contributed by atoms with Crippen LogP contribution in [0.5, 0.6) is 5.75 Å². The van der Waals surface area contributed by atoms with Crippen molar-refractivity contribution in [2.45, 2.75) is 11.4 Å². The van der Waals surface area contributed by atoms with Crippen LogP contribution < -0.4 is 14.8 Å². The first-order valence-corrected chi connectivity index (χ1v) is 10.4. The molecular weight excluding hydrogens is 402 g/mol. The van der Waals surface area contributed by atoms with E-state index < -0.39 is 15.9 Å². The number of hydrogen-bond donors (Lipinski definition) is 2. The van der Waals surface area contributed by atoms with E-state index in [0.717, 1.165) is 5.56 Å². The zero-order valence-electron chi connectivity index (χ0n) is 16.1. The SMILES string of the molecule is COc1ccc(NS(=O)(=O)c2cccc(C(=O)NCc3ccc(C#N)cc3)c2)cc1. The Hall–Kier alpha value is -3.83. The van der Waals surface area contributed by atoms with Crippen molar-refractivity contribution in [2.75, 3.05) is 11.8 Å². The van der Waals surface area contributed by atoms with Crippen molar-refractivity contribution in [1.82, 2.24) is 5.32 Å². The summed E-state index contributed by atoms with van der Waals surface area (Å²) in [6.07, 6.45) is 0. The lowest BCUT2D eigenvalue weighted by molar-refractivity contribution is 0.0950. The summed E-state index contributed by atoms with van der Waals surface area (Å²) in [6.45, 7) is 0.256. The number of nitrogens with zero attached hydrogens (tertiary/aromatic N) is 1. The third kappa shape index (κ3) is 5.16. The van der Waals surface area contributed by atoms with Gasteiger partial charge in [-0.15, -0.1) is 0 Å². The number of hydrogen-bond acceptors (Lipinski definition) is 5. The van der Waals surface area contributed by atoms with E-state index in [-0.39, 0.29) is 17.0 Å². The zero-order valence-corrected chi connectivity index (χ0v) is 16.9. The molecule has 8 heteroatoms. The van der Waals surface area contributed by atoms with Gasteiger partial charge < -0.3 is 10.1 Å². The summed E-state index contributed by atoms with van der Waals surface area (Å²) >= 11 is 0. The third-order valence-corrected chi connectivity index (χ3v) is 5.66. The number of sulfonamides is 1. The van der Waals surface area contributed by atoms with Gasteiger partial charge >= 0.3 is 0 Å². The van der Waals surface area contributed by atoms with E-state index in [9.17, 15) is 13.2 Å². The van der Waals surface area contributed by atoms with E-state index in [2.05, 4.69) is 10.0 Å². The van der Waals surface area contributed by atoms with Crippen molar-refractivity contribution in [3.8, 4) is 11.8 Å². The highest BCUT2D eigenvalue weighted by molar-refractivity contribution is 7.92. The Morgan fingerprint density at radius 3 is 2.37 bits per heavy atom. The number of amides is 1. The van der Waals surface area contributed by atoms with Crippen LogP contribution in [0.4, 0.5) is 5.69 Å². The average molecular weight is 421 g/mol. The Kier molecular flexibility index (Phi) is 6.35. The minimum Gasteiger partial charge on any atom is -0.497 e. The Bertz CT molecular complexity index is 1180. The largest absolute Gasteiger partial charge is 0.497 e. The van der Waals surface area contributed by atoms with E-state index in [4.69, 9.17) is 10.00 Å². The number of nitriles is 1. The monoisotopic (exact) mass is 421 g/mol. The van der Waals surface area contributed by atoms with Gasteiger partial charge in [0.05, 0.1) is 23.6 Å². The van der Waals surface area contributed by atoms with Gasteiger partial charge in [0.25, 0.3) is 15.9 Å². The summed E-state index contributed by atoms with van der Waals surface area (Å²) in [4.78, 5) is 12.4. The molecule has 30 heavy (non-hydrogen) atoms. The quantitative estimate of drug-likeness (QED) is 0.609. The highest BCUT2D eigenvalue weighted by Crippen LogP contribution is 2.20. The van der Waals surface area contributed by atoms with E-state index in [1.807, 2.05) is 6.07 Å². The van der Waals surface area contributed by atoms with Crippen LogP contribution in [0.1, 0.15) is 21.5 Å². The van der Waals surface area contributed by atoms with Gasteiger partial charge in [-0.2, -0.15) is 5.26 Å². The molecule has 0 bridgehead atoms. The van der Waals surface area contributed by atoms with Gasteiger partial charge in [0.1, 0.15) is 5.75 Å². The molecule has 0 unspecified atom stereocenters. The van der Waals surface area contributed by atoms with Gasteiger partial charge in [-0.25, -0.2) is 8.42 Å². The Morgan fingerprint density at radius 1 is 1.03 bits per heavy atom. The molecule has 0 saturated heterocycles. The van der Waals surface area contributed by atoms with E-state index >= 15 is 0 Å². The standard InChI is InChI=1S/C22H19N3O4S/c1-29-20-11-9-19(10-12-20)25-30(27,28)21-4-2-3-18(13-21)22(26)24-15-17-7-5-16(14-23)6-8-17/h2-13,25H,15H2,1H3,(H,24,26). The molecule has 2 N–H and O–H groups in total. The molecule has 0 aliphatic rings. The van der Waals surface area contributed by atoms with Crippen molar-refractivity contribution in [1.29, 1.82) is 5.26 Å². The zero-order chi connectivity index (χ0) is 21.6. The Labute approximate surface area is 175 Å². The predicted octanol–water partition coefficient (Wildman–Crippen LogP) is 3.30. The molecule has 0 aromatic heterocycles. The topological polar surface area (TPSA) is 108 Å². The van der Waals surface area contributed by atoms with Crippen LogP contribution in [-0.2, 0) is 16.6 Å². The molecule has 0 saturated carbocycles. The van der Waals surface area contributed by atoms with Gasteiger partial charge in [-0.1, -0.05) is 18.2 Å². The third-order valence-electron chi connectivity index (χ3n) is 4.28. The first kappa shape index (κ1) is 20.9. The van der Waals surface area contributed by atoms with Gasteiger partial charge in [0.2, 0.25) is 0 Å². The Balaban J connectivity index is 1.70. The number of benzene rings is 3. The fourth-order valence-electron chi connectivity index (χ4n) is 2.66. The number of ether oxygens (including phenoxy) is 1. The lowest BCUT2D eigenvalue weighted by Gasteiger charge is -2.10. The number of anilines is 1. The van der Waals surface area contributed by atoms with Gasteiger partial charge in [-0.3, -0.25) is 9.52 Å². The van der Waals surface area contributed by atoms with Crippen molar-refractivity contribution in [3.63, 3.8) is 0 Å². The van der Waals surface area contributed by atoms with Crippen molar-refractivity contribution in [2.24, 2.45) is 0 Å². The molecule has 1 amide bonds. The van der Waals surface area contributed by atoms with Crippen LogP contribution in [0.3, 0.4) is 0 Å². The Morgan fingerprint density at radius 2 is 1.73 bits per heavy atom. The number of rotatable bonds is 7. The van der Waals surface area contributed by atoms with Gasteiger partial charge in [-0.05, 0) is 60.2 Å². The minimum absolute atomic E-state index is 0.0238. The maximum Gasteiger partial charge on any atom is 0.261 e. The van der Waals surface area contributed by atoms with Gasteiger partial charge in [0, 0.05) is 17.8 Å². The summed E-state index contributed by atoms with van der Waals surface area (Å²) in [5.74, 6) is 0.208. The second-order valence-electron chi connectivity index (χ2n) is 6.35. The maximum atomic E-state index is 12.7. The molecule has 3 aromatic rings. The summed E-state index contributed by atoms with van der Waals surface area (Å²) in [5, 5.41) is 11.6. The molecule has 0 aliphatic carbocycles. The molecule has 3 rings (SSSR count). The van der Waals surface area contributed by atoms with Crippen molar-refractivity contribution in [3.05, 3.63) is 89.5 Å². The molecule has 0 atom stereocenters. The molecule has 0 fully saturated rings. The molecule has 0 heterocycles. The van der Waals surface area contributed by atoms with Crippen molar-refractivity contribution >= 4 is 21.6 Å². The molecule has 152 valence electrons. The smallest absolute Gasteiger partial charge is 0.261 e. The fourth-order valence-corrected chi connectivity index (χ4v) is 3.76. The van der Waals surface area contributed by atoms with Crippen LogP contribution in [0, 0.1) is 11.3 Å². The van der Waals surface area contributed by atoms with Crippen LogP contribution in [0.25, 0.3) is 0 Å². The predicted molar refractivity (Wildman–Crippen MR) is 113 cm³/mol. The average Bonchev–Trinajstić information content (AvgIpc) is 2.78. The highest BCUT2D eigenvalue weighted by atomic mass is 32.2. The second-order valence-corrected chi connectivity index (χ2v) is 8.04. The fraction of sp³-hybridized carbons (Fsp3) is 0.0909. The van der Waals surface area contributed by atoms with Crippen LogP contribution in [-0.4, -0.2) is 21.4 Å². The first-order chi connectivity index (χ1) is 14.4. The number of nitrogens with one attached hydrogen (secondary N) is 2. The number of carbonyl (C=O) groups excluding carboxylic acids is 1. The second kappa shape index (κ2) is 9.11. The summed E-state index contributed by atoms with van der Waals surface area (Å²) in [7, 11) is -2.34. The minimum atomic E-state index is -3.87. The molecule has 0 radical (unpaired) electrons. The molecular formula is C22H19N3O4S. The normalized spacial score (nSPS) is 10.7. The van der Waals surface area contributed by atoms with Crippen LogP contribution in [0.15, 0.2) is 77.7 Å². The summed E-state index contributed by atoms with van der Waals surface area (Å²) in [6, 6.07) is 21.1. The van der Waals surface area contributed by atoms with E-state index in [1.165, 1.54) is 25.3 Å². The molecule has 0 aliphatic heterocycles. The maximum absolute atomic E-state index is 12.7. The van der Waals surface area contributed by atoms with E-state index in [0.29, 0.717) is 17.0 Å². The summed E-state index contributed by atoms with van der Waals surface area (Å²) < 4.78 is 32.9. The van der Waals surface area contributed by atoms with Crippen molar-refractivity contribution < 1.29 is 17.9 Å². The van der Waals surface area contributed by atoms with Gasteiger partial charge in [0.15, 0.2) is 0 Å². The van der Waals surface area contributed by atoms with Crippen LogP contribution >= 0.6 is 0 Å². The lowest BCUT2D eigenvalue weighted by Crippen LogP contribution is -2.23. The van der Waals surface area contributed by atoms with Crippen LogP contribution in [0.2, 0.25) is 0 Å². The number of methoxy groups -OCH3 is 1. The van der Waals surface area contributed by atoms with E-state index in [1.54, 1.807) is 54.6 Å². The molecule has 7 nitrogen and oxygen atoms in total. The first-order valence-electron chi connectivity index (χ1n) is 8.95. The summed E-state index contributed by atoms with van der Waals surface area (Å²) in [5.41, 5.74) is 1.97. The molecule has 3 aromatic carbocycles. The number of carbonyl (C=O) groups is 1.